The van der Waals surface area contributed by atoms with E-state index in [1.807, 2.05) is 69.3 Å². The van der Waals surface area contributed by atoms with Crippen molar-refractivity contribution >= 4 is 26.0 Å². The van der Waals surface area contributed by atoms with Gasteiger partial charge in [-0.05, 0) is 54.3 Å². The van der Waals surface area contributed by atoms with Gasteiger partial charge in [0.2, 0.25) is 0 Å². The number of carbonyl (C=O) groups is 1. The van der Waals surface area contributed by atoms with E-state index in [4.69, 9.17) is 23.4 Å². The number of ether oxygens (including phenoxy) is 4. The number of rotatable bonds is 15. The first-order valence-corrected chi connectivity index (χ1v) is 19.4. The predicted octanol–water partition coefficient (Wildman–Crippen LogP) is 8.79. The van der Waals surface area contributed by atoms with Crippen molar-refractivity contribution < 1.29 is 28.2 Å². The van der Waals surface area contributed by atoms with Gasteiger partial charge in [-0.1, -0.05) is 109 Å². The maximum absolute atomic E-state index is 13.3. The lowest BCUT2D eigenvalue weighted by Crippen LogP contribution is -2.62. The van der Waals surface area contributed by atoms with Crippen LogP contribution in [-0.4, -0.2) is 56.5 Å². The smallest absolute Gasteiger partial charge is 0.311 e. The van der Waals surface area contributed by atoms with Gasteiger partial charge in [0, 0.05) is 0 Å². The van der Waals surface area contributed by atoms with E-state index < -0.39 is 43.6 Å². The van der Waals surface area contributed by atoms with Gasteiger partial charge >= 0.3 is 5.97 Å². The zero-order valence-electron chi connectivity index (χ0n) is 28.6. The summed E-state index contributed by atoms with van der Waals surface area (Å²) in [5, 5.41) is 0. The molecule has 0 amide bonds. The first kappa shape index (κ1) is 36.8. The highest BCUT2D eigenvalue weighted by Crippen LogP contribution is 2.43. The molecule has 0 saturated carbocycles. The second-order valence-corrected chi connectivity index (χ2v) is 20.6. The van der Waals surface area contributed by atoms with Crippen LogP contribution in [0.3, 0.4) is 0 Å². The average molecular weight is 645 g/mol. The SMILES string of the molecule is CCS[C@@H]1O[C@H](CO[Si](C(C)C)(C(C)C)C(C)C)[C@H](OCc2ccccc2)[C@H](OCc2ccccc2)[C@H]1OC(=O)C(C)(C)C. The fourth-order valence-electron chi connectivity index (χ4n) is 6.39. The van der Waals surface area contributed by atoms with Crippen molar-refractivity contribution in [2.75, 3.05) is 12.4 Å². The summed E-state index contributed by atoms with van der Waals surface area (Å²) in [6.45, 7) is 22.6. The molecule has 0 bridgehead atoms. The number of thioether (sulfide) groups is 1. The normalized spacial score (nSPS) is 23.0. The molecule has 0 spiro atoms. The van der Waals surface area contributed by atoms with Gasteiger partial charge in [0.1, 0.15) is 23.7 Å². The van der Waals surface area contributed by atoms with E-state index in [1.54, 1.807) is 11.8 Å². The molecule has 5 atom stereocenters. The summed E-state index contributed by atoms with van der Waals surface area (Å²) in [5.74, 6) is 0.509. The zero-order valence-corrected chi connectivity index (χ0v) is 30.4. The molecule has 1 aliphatic rings. The number of hydrogen-bond acceptors (Lipinski definition) is 7. The molecule has 44 heavy (non-hydrogen) atoms. The van der Waals surface area contributed by atoms with Crippen molar-refractivity contribution in [1.82, 2.24) is 0 Å². The van der Waals surface area contributed by atoms with Crippen molar-refractivity contribution in [3.05, 3.63) is 71.8 Å². The van der Waals surface area contributed by atoms with Crippen LogP contribution in [0, 0.1) is 5.41 Å². The molecular formula is C36H56O6SSi. The maximum atomic E-state index is 13.3. The monoisotopic (exact) mass is 644 g/mol. The van der Waals surface area contributed by atoms with Gasteiger partial charge in [-0.15, -0.1) is 11.8 Å². The molecule has 0 unspecified atom stereocenters. The predicted molar refractivity (Wildman–Crippen MR) is 183 cm³/mol. The Hall–Kier alpha value is -1.68. The molecule has 1 aliphatic heterocycles. The molecule has 1 fully saturated rings. The summed E-state index contributed by atoms with van der Waals surface area (Å²) >= 11 is 1.63. The van der Waals surface area contributed by atoms with Crippen LogP contribution in [0.5, 0.6) is 0 Å². The lowest BCUT2D eigenvalue weighted by atomic mass is 9.95. The molecule has 8 heteroatoms. The maximum Gasteiger partial charge on any atom is 0.311 e. The fraction of sp³-hybridized carbons (Fsp3) is 0.639. The fourth-order valence-corrected chi connectivity index (χ4v) is 12.8. The van der Waals surface area contributed by atoms with Crippen molar-refractivity contribution in [2.24, 2.45) is 5.41 Å². The summed E-state index contributed by atoms with van der Waals surface area (Å²) in [4.78, 5) is 13.3. The Morgan fingerprint density at radius 2 is 1.27 bits per heavy atom. The molecule has 1 heterocycles. The van der Waals surface area contributed by atoms with E-state index in [0.29, 0.717) is 36.4 Å². The average Bonchev–Trinajstić information content (AvgIpc) is 2.97. The molecule has 6 nitrogen and oxygen atoms in total. The molecule has 1 saturated heterocycles. The Balaban J connectivity index is 2.04. The van der Waals surface area contributed by atoms with Crippen molar-refractivity contribution in [3.8, 4) is 0 Å². The van der Waals surface area contributed by atoms with Crippen LogP contribution in [0.15, 0.2) is 60.7 Å². The Bertz CT molecular complexity index is 1100. The van der Waals surface area contributed by atoms with Gasteiger partial charge < -0.3 is 23.4 Å². The lowest BCUT2D eigenvalue weighted by molar-refractivity contribution is -0.248. The van der Waals surface area contributed by atoms with Crippen LogP contribution in [0.4, 0.5) is 0 Å². The molecule has 2 aromatic carbocycles. The van der Waals surface area contributed by atoms with Crippen molar-refractivity contribution in [2.45, 2.75) is 129 Å². The Morgan fingerprint density at radius 1 is 0.795 bits per heavy atom. The van der Waals surface area contributed by atoms with Crippen LogP contribution in [0.1, 0.15) is 80.4 Å². The molecule has 2 aromatic rings. The molecule has 0 aliphatic carbocycles. The van der Waals surface area contributed by atoms with Gasteiger partial charge in [-0.2, -0.15) is 0 Å². The van der Waals surface area contributed by atoms with Gasteiger partial charge in [0.25, 0.3) is 0 Å². The van der Waals surface area contributed by atoms with Crippen LogP contribution in [-0.2, 0) is 41.4 Å². The summed E-state index contributed by atoms with van der Waals surface area (Å²) in [6.07, 6.45) is -2.15. The van der Waals surface area contributed by atoms with E-state index in [0.717, 1.165) is 16.9 Å². The summed E-state index contributed by atoms with van der Waals surface area (Å²) in [5.41, 5.74) is 2.29. The second-order valence-electron chi connectivity index (χ2n) is 13.8. The lowest BCUT2D eigenvalue weighted by Gasteiger charge is -2.48. The quantitative estimate of drug-likeness (QED) is 0.142. The number of carbonyl (C=O) groups excluding carboxylic acids is 1. The molecule has 0 aromatic heterocycles. The summed E-state index contributed by atoms with van der Waals surface area (Å²) in [6, 6.07) is 20.2. The highest BCUT2D eigenvalue weighted by atomic mass is 32.2. The van der Waals surface area contributed by atoms with E-state index >= 15 is 0 Å². The van der Waals surface area contributed by atoms with Crippen molar-refractivity contribution in [3.63, 3.8) is 0 Å². The molecule has 0 N–H and O–H groups in total. The number of benzene rings is 2. The Morgan fingerprint density at radius 3 is 1.70 bits per heavy atom. The van der Waals surface area contributed by atoms with Crippen molar-refractivity contribution in [1.29, 1.82) is 0 Å². The van der Waals surface area contributed by atoms with E-state index in [-0.39, 0.29) is 5.97 Å². The van der Waals surface area contributed by atoms with Crippen LogP contribution in [0.25, 0.3) is 0 Å². The minimum absolute atomic E-state index is 0.288. The van der Waals surface area contributed by atoms with Crippen LogP contribution in [0.2, 0.25) is 16.6 Å². The summed E-state index contributed by atoms with van der Waals surface area (Å²) in [7, 11) is -2.20. The molecule has 3 rings (SSSR count). The van der Waals surface area contributed by atoms with Gasteiger partial charge in [0.05, 0.1) is 25.2 Å². The Labute approximate surface area is 272 Å². The number of esters is 1. The second kappa shape index (κ2) is 16.8. The number of hydrogen-bond donors (Lipinski definition) is 0. The molecule has 246 valence electrons. The van der Waals surface area contributed by atoms with E-state index in [9.17, 15) is 4.79 Å². The minimum Gasteiger partial charge on any atom is -0.455 e. The zero-order chi connectivity index (χ0) is 32.5. The van der Waals surface area contributed by atoms with Gasteiger partial charge in [-0.25, -0.2) is 0 Å². The third-order valence-electron chi connectivity index (χ3n) is 8.55. The largest absolute Gasteiger partial charge is 0.455 e. The standard InChI is InChI=1S/C36H56O6SSi/c1-11-43-34-33(42-35(37)36(8,9)10)32(39-23-29-20-16-13-17-21-29)31(38-22-28-18-14-12-15-19-28)30(41-34)24-40-44(25(2)3,26(4)5)27(6)7/h12-21,25-27,30-34H,11,22-24H2,1-10H3/t30-,31+,32+,33-,34+/m1/s1. The topological polar surface area (TPSA) is 63.2 Å². The highest BCUT2D eigenvalue weighted by Gasteiger charge is 2.52. The minimum atomic E-state index is -2.20. The van der Waals surface area contributed by atoms with Gasteiger partial charge in [0.15, 0.2) is 14.4 Å². The highest BCUT2D eigenvalue weighted by molar-refractivity contribution is 7.99. The van der Waals surface area contributed by atoms with Crippen LogP contribution >= 0.6 is 11.8 Å². The summed E-state index contributed by atoms with van der Waals surface area (Å²) < 4.78 is 33.7. The first-order chi connectivity index (χ1) is 20.8. The van der Waals surface area contributed by atoms with E-state index in [1.165, 1.54) is 0 Å². The third kappa shape index (κ3) is 9.43. The van der Waals surface area contributed by atoms with E-state index in [2.05, 4.69) is 60.6 Å². The van der Waals surface area contributed by atoms with Crippen LogP contribution < -0.4 is 0 Å². The molecule has 0 radical (unpaired) electrons. The first-order valence-electron chi connectivity index (χ1n) is 16.2. The van der Waals surface area contributed by atoms with Gasteiger partial charge in [-0.3, -0.25) is 4.79 Å². The third-order valence-corrected chi connectivity index (χ3v) is 15.7. The Kier molecular flexibility index (Phi) is 14.0. The molecular weight excluding hydrogens is 589 g/mol.